The molecular formula is C10H7BrFNO2. The fraction of sp³-hybridized carbons (Fsp3) is 0.300. The first-order chi connectivity index (χ1) is 7.09. The first-order valence-electron chi connectivity index (χ1n) is 4.36. The SMILES string of the molecule is O=C=NC1(c2cc(Br)c(O)cc2F)CC1. The largest absolute Gasteiger partial charge is 0.507 e. The zero-order valence-corrected chi connectivity index (χ0v) is 9.21. The Morgan fingerprint density at radius 1 is 1.53 bits per heavy atom. The normalized spacial score (nSPS) is 16.9. The molecule has 0 unspecified atom stereocenters. The van der Waals surface area contributed by atoms with Gasteiger partial charge in [0.2, 0.25) is 6.08 Å². The number of phenols is 1. The number of hydrogen-bond donors (Lipinski definition) is 1. The molecule has 0 aromatic heterocycles. The molecule has 0 amide bonds. The number of benzene rings is 1. The molecule has 0 aliphatic heterocycles. The Labute approximate surface area is 93.8 Å². The summed E-state index contributed by atoms with van der Waals surface area (Å²) in [6, 6.07) is 2.47. The van der Waals surface area contributed by atoms with Gasteiger partial charge in [-0.05, 0) is 34.8 Å². The molecule has 1 aromatic rings. The summed E-state index contributed by atoms with van der Waals surface area (Å²) in [5.74, 6) is -0.714. The van der Waals surface area contributed by atoms with Crippen LogP contribution in [-0.4, -0.2) is 11.2 Å². The Balaban J connectivity index is 2.54. The van der Waals surface area contributed by atoms with Crippen molar-refractivity contribution in [2.45, 2.75) is 18.4 Å². The van der Waals surface area contributed by atoms with E-state index in [1.165, 1.54) is 12.1 Å². The average Bonchev–Trinajstić information content (AvgIpc) is 2.93. The minimum Gasteiger partial charge on any atom is -0.507 e. The number of hydrogen-bond acceptors (Lipinski definition) is 3. The fourth-order valence-corrected chi connectivity index (χ4v) is 1.88. The van der Waals surface area contributed by atoms with E-state index >= 15 is 0 Å². The summed E-state index contributed by atoms with van der Waals surface area (Å²) in [5.41, 5.74) is -0.419. The van der Waals surface area contributed by atoms with E-state index in [1.807, 2.05) is 0 Å². The van der Waals surface area contributed by atoms with Crippen molar-refractivity contribution in [3.8, 4) is 5.75 Å². The van der Waals surface area contributed by atoms with Crippen LogP contribution in [0.4, 0.5) is 4.39 Å². The standard InChI is InChI=1S/C10H7BrFNO2/c11-7-3-6(8(12)4-9(7)15)10(1-2-10)13-5-14/h3-4,15H,1-2H2. The number of isocyanates is 1. The molecule has 1 saturated carbocycles. The number of phenolic OH excluding ortho intramolecular Hbond substituents is 1. The average molecular weight is 272 g/mol. The van der Waals surface area contributed by atoms with E-state index < -0.39 is 11.4 Å². The maximum absolute atomic E-state index is 13.5. The zero-order chi connectivity index (χ0) is 11.1. The van der Waals surface area contributed by atoms with Crippen molar-refractivity contribution >= 4 is 22.0 Å². The monoisotopic (exact) mass is 271 g/mol. The second-order valence-electron chi connectivity index (χ2n) is 3.52. The molecule has 2 rings (SSSR count). The summed E-state index contributed by atoms with van der Waals surface area (Å²) in [6.07, 6.45) is 2.73. The van der Waals surface area contributed by atoms with Crippen LogP contribution in [0.1, 0.15) is 18.4 Å². The second kappa shape index (κ2) is 3.43. The first-order valence-corrected chi connectivity index (χ1v) is 5.16. The van der Waals surface area contributed by atoms with Gasteiger partial charge in [-0.1, -0.05) is 0 Å². The van der Waals surface area contributed by atoms with Gasteiger partial charge in [0.25, 0.3) is 0 Å². The predicted molar refractivity (Wildman–Crippen MR) is 54.8 cm³/mol. The molecule has 0 atom stereocenters. The lowest BCUT2D eigenvalue weighted by Crippen LogP contribution is -2.05. The Morgan fingerprint density at radius 3 is 2.73 bits per heavy atom. The van der Waals surface area contributed by atoms with Crippen LogP contribution >= 0.6 is 15.9 Å². The van der Waals surface area contributed by atoms with Gasteiger partial charge in [0.05, 0.1) is 4.47 Å². The van der Waals surface area contributed by atoms with Crippen LogP contribution in [0, 0.1) is 5.82 Å². The van der Waals surface area contributed by atoms with Crippen molar-refractivity contribution in [1.29, 1.82) is 0 Å². The summed E-state index contributed by atoms with van der Waals surface area (Å²) in [7, 11) is 0. The number of aromatic hydroxyl groups is 1. The third-order valence-corrected chi connectivity index (χ3v) is 3.16. The molecule has 1 fully saturated rings. The van der Waals surface area contributed by atoms with Crippen LogP contribution in [0.3, 0.4) is 0 Å². The summed E-state index contributed by atoms with van der Waals surface area (Å²) in [6.45, 7) is 0. The van der Waals surface area contributed by atoms with E-state index in [0.29, 0.717) is 22.9 Å². The summed E-state index contributed by atoms with van der Waals surface area (Å²) < 4.78 is 13.9. The Hall–Kier alpha value is -1.19. The summed E-state index contributed by atoms with van der Waals surface area (Å²) in [5, 5.41) is 9.25. The van der Waals surface area contributed by atoms with Crippen LogP contribution in [-0.2, 0) is 10.3 Å². The molecule has 78 valence electrons. The molecule has 15 heavy (non-hydrogen) atoms. The lowest BCUT2D eigenvalue weighted by molar-refractivity contribution is 0.462. The second-order valence-corrected chi connectivity index (χ2v) is 4.37. The van der Waals surface area contributed by atoms with E-state index in [1.54, 1.807) is 0 Å². The van der Waals surface area contributed by atoms with Crippen LogP contribution in [0.2, 0.25) is 0 Å². The van der Waals surface area contributed by atoms with Gasteiger partial charge in [-0.2, -0.15) is 4.99 Å². The molecule has 1 aliphatic rings. The van der Waals surface area contributed by atoms with Crippen molar-refractivity contribution in [3.63, 3.8) is 0 Å². The fourth-order valence-electron chi connectivity index (χ4n) is 1.54. The van der Waals surface area contributed by atoms with Crippen LogP contribution in [0.5, 0.6) is 5.75 Å². The van der Waals surface area contributed by atoms with Crippen molar-refractivity contribution < 1.29 is 14.3 Å². The van der Waals surface area contributed by atoms with Gasteiger partial charge in [0, 0.05) is 11.6 Å². The predicted octanol–water partition coefficient (Wildman–Crippen LogP) is 2.62. The highest BCUT2D eigenvalue weighted by Crippen LogP contribution is 2.51. The molecule has 0 spiro atoms. The molecule has 0 saturated heterocycles. The van der Waals surface area contributed by atoms with Crippen molar-refractivity contribution in [1.82, 2.24) is 0 Å². The quantitative estimate of drug-likeness (QED) is 0.664. The number of halogens is 2. The minimum atomic E-state index is -0.748. The third kappa shape index (κ3) is 1.68. The third-order valence-electron chi connectivity index (χ3n) is 2.52. The van der Waals surface area contributed by atoms with Crippen LogP contribution < -0.4 is 0 Å². The van der Waals surface area contributed by atoms with Crippen LogP contribution in [0.25, 0.3) is 0 Å². The maximum Gasteiger partial charge on any atom is 0.235 e. The van der Waals surface area contributed by atoms with E-state index in [4.69, 9.17) is 0 Å². The number of aliphatic imine (C=N–C) groups is 1. The summed E-state index contributed by atoms with van der Waals surface area (Å²) >= 11 is 3.09. The van der Waals surface area contributed by atoms with E-state index in [0.717, 1.165) is 6.07 Å². The Bertz CT molecular complexity index is 465. The number of rotatable bonds is 2. The maximum atomic E-state index is 13.5. The number of carbonyl (C=O) groups excluding carboxylic acids is 1. The van der Waals surface area contributed by atoms with Gasteiger partial charge >= 0.3 is 0 Å². The van der Waals surface area contributed by atoms with Crippen LogP contribution in [0.15, 0.2) is 21.6 Å². The minimum absolute atomic E-state index is 0.165. The molecule has 1 N–H and O–H groups in total. The molecule has 1 aromatic carbocycles. The molecule has 1 aliphatic carbocycles. The smallest absolute Gasteiger partial charge is 0.235 e. The van der Waals surface area contributed by atoms with Crippen molar-refractivity contribution in [2.75, 3.05) is 0 Å². The van der Waals surface area contributed by atoms with Gasteiger partial charge in [-0.25, -0.2) is 9.18 Å². The lowest BCUT2D eigenvalue weighted by atomic mass is 10.0. The molecule has 0 heterocycles. The van der Waals surface area contributed by atoms with Gasteiger partial charge in [0.1, 0.15) is 17.1 Å². The topological polar surface area (TPSA) is 49.7 Å². The van der Waals surface area contributed by atoms with E-state index in [2.05, 4.69) is 20.9 Å². The van der Waals surface area contributed by atoms with Gasteiger partial charge < -0.3 is 5.11 Å². The Morgan fingerprint density at radius 2 is 2.20 bits per heavy atom. The first kappa shape index (κ1) is 10.3. The van der Waals surface area contributed by atoms with E-state index in [9.17, 15) is 14.3 Å². The summed E-state index contributed by atoms with van der Waals surface area (Å²) in [4.78, 5) is 13.8. The molecule has 3 nitrogen and oxygen atoms in total. The van der Waals surface area contributed by atoms with Gasteiger partial charge in [0.15, 0.2) is 0 Å². The van der Waals surface area contributed by atoms with Gasteiger partial charge in [-0.15, -0.1) is 0 Å². The lowest BCUT2D eigenvalue weighted by Gasteiger charge is -2.10. The highest BCUT2D eigenvalue weighted by atomic mass is 79.9. The molecule has 0 radical (unpaired) electrons. The number of nitrogens with zero attached hydrogens (tertiary/aromatic N) is 1. The highest BCUT2D eigenvalue weighted by molar-refractivity contribution is 9.10. The Kier molecular flexibility index (Phi) is 2.37. The van der Waals surface area contributed by atoms with Crippen molar-refractivity contribution in [3.05, 3.63) is 28.0 Å². The van der Waals surface area contributed by atoms with E-state index in [-0.39, 0.29) is 5.75 Å². The highest BCUT2D eigenvalue weighted by Gasteiger charge is 2.47. The molecule has 5 heteroatoms. The zero-order valence-electron chi connectivity index (χ0n) is 7.63. The van der Waals surface area contributed by atoms with Crippen molar-refractivity contribution in [2.24, 2.45) is 4.99 Å². The van der Waals surface area contributed by atoms with Gasteiger partial charge in [-0.3, -0.25) is 0 Å². The molecule has 0 bridgehead atoms. The molecular weight excluding hydrogens is 265 g/mol.